The van der Waals surface area contributed by atoms with E-state index in [0.29, 0.717) is 18.5 Å². The molecule has 0 saturated heterocycles. The number of allylic oxidation sites excluding steroid dienone is 1. The monoisotopic (exact) mass is 227 g/mol. The summed E-state index contributed by atoms with van der Waals surface area (Å²) in [7, 11) is 1.42. The van der Waals surface area contributed by atoms with Crippen LogP contribution in [0.2, 0.25) is 0 Å². The van der Waals surface area contributed by atoms with Gasteiger partial charge in [-0.15, -0.1) is 6.58 Å². The van der Waals surface area contributed by atoms with Crippen molar-refractivity contribution in [3.8, 4) is 0 Å². The Kier molecular flexibility index (Phi) is 6.34. The van der Waals surface area contributed by atoms with E-state index in [-0.39, 0.29) is 5.97 Å². The van der Waals surface area contributed by atoms with Gasteiger partial charge in [0.15, 0.2) is 0 Å². The first kappa shape index (κ1) is 15.2. The molecule has 0 heterocycles. The zero-order valence-corrected chi connectivity index (χ0v) is 11.2. The van der Waals surface area contributed by atoms with Crippen LogP contribution in [-0.4, -0.2) is 25.7 Å². The molecule has 0 aliphatic heterocycles. The van der Waals surface area contributed by atoms with Crippen molar-refractivity contribution in [1.82, 2.24) is 5.32 Å². The van der Waals surface area contributed by atoms with E-state index in [4.69, 9.17) is 4.74 Å². The highest BCUT2D eigenvalue weighted by atomic mass is 16.5. The Hall–Kier alpha value is -0.830. The van der Waals surface area contributed by atoms with Crippen LogP contribution in [0, 0.1) is 11.3 Å². The number of rotatable bonds is 7. The SMILES string of the molecule is C=CCC(C)C(C)NCC(C)(C)C(=O)OC. The summed E-state index contributed by atoms with van der Waals surface area (Å²) in [5.74, 6) is 0.342. The molecule has 94 valence electrons. The second kappa shape index (κ2) is 6.69. The van der Waals surface area contributed by atoms with Crippen molar-refractivity contribution < 1.29 is 9.53 Å². The summed E-state index contributed by atoms with van der Waals surface area (Å²) in [5, 5.41) is 3.37. The molecule has 3 nitrogen and oxygen atoms in total. The van der Waals surface area contributed by atoms with Gasteiger partial charge in [-0.2, -0.15) is 0 Å². The third-order valence-corrected chi connectivity index (χ3v) is 3.00. The predicted molar refractivity (Wildman–Crippen MR) is 67.2 cm³/mol. The third-order valence-electron chi connectivity index (χ3n) is 3.00. The fourth-order valence-corrected chi connectivity index (χ4v) is 1.43. The molecular formula is C13H25NO2. The van der Waals surface area contributed by atoms with E-state index in [2.05, 4.69) is 25.7 Å². The van der Waals surface area contributed by atoms with Crippen LogP contribution in [-0.2, 0) is 9.53 Å². The second-order valence-corrected chi connectivity index (χ2v) is 5.05. The zero-order valence-electron chi connectivity index (χ0n) is 11.2. The van der Waals surface area contributed by atoms with Gasteiger partial charge in [-0.05, 0) is 33.1 Å². The van der Waals surface area contributed by atoms with Crippen molar-refractivity contribution in [2.24, 2.45) is 11.3 Å². The lowest BCUT2D eigenvalue weighted by Gasteiger charge is -2.27. The van der Waals surface area contributed by atoms with E-state index in [1.807, 2.05) is 19.9 Å². The highest BCUT2D eigenvalue weighted by Gasteiger charge is 2.29. The summed E-state index contributed by atoms with van der Waals surface area (Å²) in [6.45, 7) is 12.4. The van der Waals surface area contributed by atoms with E-state index in [1.54, 1.807) is 0 Å². The molecule has 3 heteroatoms. The van der Waals surface area contributed by atoms with Gasteiger partial charge in [0, 0.05) is 12.6 Å². The molecule has 0 aromatic heterocycles. The van der Waals surface area contributed by atoms with E-state index in [1.165, 1.54) is 7.11 Å². The Bertz CT molecular complexity index is 236. The van der Waals surface area contributed by atoms with Crippen LogP contribution in [0.4, 0.5) is 0 Å². The molecule has 0 radical (unpaired) electrons. The third kappa shape index (κ3) is 4.79. The zero-order chi connectivity index (χ0) is 12.8. The molecule has 16 heavy (non-hydrogen) atoms. The fraction of sp³-hybridized carbons (Fsp3) is 0.769. The number of nitrogens with one attached hydrogen (secondary N) is 1. The Morgan fingerprint density at radius 1 is 1.50 bits per heavy atom. The minimum atomic E-state index is -0.475. The normalized spacial score (nSPS) is 15.3. The summed E-state index contributed by atoms with van der Waals surface area (Å²) in [4.78, 5) is 11.5. The molecule has 0 aromatic carbocycles. The van der Waals surface area contributed by atoms with Gasteiger partial charge in [0.1, 0.15) is 0 Å². The van der Waals surface area contributed by atoms with Crippen LogP contribution >= 0.6 is 0 Å². The van der Waals surface area contributed by atoms with Gasteiger partial charge in [-0.1, -0.05) is 13.0 Å². The molecule has 0 amide bonds. The summed E-state index contributed by atoms with van der Waals surface area (Å²) in [5.41, 5.74) is -0.475. The Labute approximate surface area is 99.3 Å². The molecule has 0 aromatic rings. The van der Waals surface area contributed by atoms with Crippen molar-refractivity contribution in [1.29, 1.82) is 0 Å². The topological polar surface area (TPSA) is 38.3 Å². The van der Waals surface area contributed by atoms with E-state index >= 15 is 0 Å². The molecule has 0 rings (SSSR count). The maximum atomic E-state index is 11.5. The van der Waals surface area contributed by atoms with Crippen molar-refractivity contribution in [2.75, 3.05) is 13.7 Å². The Morgan fingerprint density at radius 2 is 2.06 bits per heavy atom. The lowest BCUT2D eigenvalue weighted by Crippen LogP contribution is -2.42. The standard InChI is InChI=1S/C13H25NO2/c1-7-8-10(2)11(3)14-9-13(4,5)12(15)16-6/h7,10-11,14H,1,8-9H2,2-6H3. The first-order valence-electron chi connectivity index (χ1n) is 5.78. The largest absolute Gasteiger partial charge is 0.469 e. The number of methoxy groups -OCH3 is 1. The molecule has 0 bridgehead atoms. The van der Waals surface area contributed by atoms with Gasteiger partial charge in [0.25, 0.3) is 0 Å². The maximum absolute atomic E-state index is 11.5. The van der Waals surface area contributed by atoms with Gasteiger partial charge >= 0.3 is 5.97 Å². The summed E-state index contributed by atoms with van der Waals surface area (Å²) in [6, 6.07) is 0.363. The lowest BCUT2D eigenvalue weighted by atomic mass is 9.92. The van der Waals surface area contributed by atoms with E-state index in [9.17, 15) is 4.79 Å². The lowest BCUT2D eigenvalue weighted by molar-refractivity contribution is -0.150. The number of carbonyl (C=O) groups is 1. The summed E-state index contributed by atoms with van der Waals surface area (Å²) < 4.78 is 4.76. The van der Waals surface area contributed by atoms with Crippen LogP contribution in [0.15, 0.2) is 12.7 Å². The van der Waals surface area contributed by atoms with Gasteiger partial charge in [0.05, 0.1) is 12.5 Å². The van der Waals surface area contributed by atoms with E-state index in [0.717, 1.165) is 6.42 Å². The van der Waals surface area contributed by atoms with Crippen LogP contribution in [0.3, 0.4) is 0 Å². The first-order chi connectivity index (χ1) is 7.35. The average Bonchev–Trinajstić information content (AvgIpc) is 2.25. The van der Waals surface area contributed by atoms with Gasteiger partial charge in [0.2, 0.25) is 0 Å². The highest BCUT2D eigenvalue weighted by Crippen LogP contribution is 2.17. The number of ether oxygens (including phenoxy) is 1. The van der Waals surface area contributed by atoms with Crippen LogP contribution in [0.1, 0.15) is 34.1 Å². The van der Waals surface area contributed by atoms with E-state index < -0.39 is 5.41 Å². The summed E-state index contributed by atoms with van der Waals surface area (Å²) >= 11 is 0. The Morgan fingerprint density at radius 3 is 2.50 bits per heavy atom. The number of hydrogen-bond acceptors (Lipinski definition) is 3. The number of esters is 1. The summed E-state index contributed by atoms with van der Waals surface area (Å²) in [6.07, 6.45) is 2.90. The van der Waals surface area contributed by atoms with Gasteiger partial charge in [-0.25, -0.2) is 0 Å². The van der Waals surface area contributed by atoms with Crippen molar-refractivity contribution in [2.45, 2.75) is 40.2 Å². The van der Waals surface area contributed by atoms with Gasteiger partial charge < -0.3 is 10.1 Å². The molecule has 0 aliphatic carbocycles. The van der Waals surface area contributed by atoms with Crippen LogP contribution < -0.4 is 5.32 Å². The molecule has 1 N–H and O–H groups in total. The minimum Gasteiger partial charge on any atom is -0.469 e. The van der Waals surface area contributed by atoms with Crippen molar-refractivity contribution >= 4 is 5.97 Å². The maximum Gasteiger partial charge on any atom is 0.312 e. The quantitative estimate of drug-likeness (QED) is 0.536. The molecule has 0 fully saturated rings. The Balaban J connectivity index is 4.13. The highest BCUT2D eigenvalue weighted by molar-refractivity contribution is 5.76. The molecular weight excluding hydrogens is 202 g/mol. The second-order valence-electron chi connectivity index (χ2n) is 5.05. The molecule has 0 saturated carbocycles. The average molecular weight is 227 g/mol. The predicted octanol–water partition coefficient (Wildman–Crippen LogP) is 2.38. The van der Waals surface area contributed by atoms with Crippen molar-refractivity contribution in [3.63, 3.8) is 0 Å². The molecule has 0 spiro atoms. The smallest absolute Gasteiger partial charge is 0.312 e. The number of hydrogen-bond donors (Lipinski definition) is 1. The van der Waals surface area contributed by atoms with Gasteiger partial charge in [-0.3, -0.25) is 4.79 Å². The molecule has 0 aliphatic rings. The van der Waals surface area contributed by atoms with Crippen molar-refractivity contribution in [3.05, 3.63) is 12.7 Å². The molecule has 2 unspecified atom stereocenters. The van der Waals surface area contributed by atoms with Crippen LogP contribution in [0.5, 0.6) is 0 Å². The fourth-order valence-electron chi connectivity index (χ4n) is 1.43. The first-order valence-corrected chi connectivity index (χ1v) is 5.78. The minimum absolute atomic E-state index is 0.177. The molecule has 2 atom stereocenters. The number of carbonyl (C=O) groups excluding carboxylic acids is 1. The van der Waals surface area contributed by atoms with Crippen LogP contribution in [0.25, 0.3) is 0 Å².